The number of alkyl halides is 3. The summed E-state index contributed by atoms with van der Waals surface area (Å²) in [5.74, 6) is -6.28. The number of carbonyl (C=O) groups excluding carboxylic acids is 4. The van der Waals surface area contributed by atoms with E-state index in [0.717, 1.165) is 5.56 Å². The number of hydrogen-bond donors (Lipinski definition) is 1. The van der Waals surface area contributed by atoms with Gasteiger partial charge in [-0.2, -0.15) is 13.2 Å². The van der Waals surface area contributed by atoms with E-state index in [0.29, 0.717) is 16.9 Å². The molecule has 0 aliphatic heterocycles. The molecule has 6 nitrogen and oxygen atoms in total. The lowest BCUT2D eigenvalue weighted by Gasteiger charge is -2.25. The van der Waals surface area contributed by atoms with E-state index in [-0.39, 0.29) is 12.2 Å². The number of benzene rings is 2. The van der Waals surface area contributed by atoms with Crippen molar-refractivity contribution in [2.24, 2.45) is 17.8 Å². The second-order valence-electron chi connectivity index (χ2n) is 9.50. The van der Waals surface area contributed by atoms with Crippen LogP contribution in [-0.2, 0) is 14.4 Å². The molecule has 2 aromatic rings. The normalized spacial score (nSPS) is 14.0. The third-order valence-electron chi connectivity index (χ3n) is 6.18. The summed E-state index contributed by atoms with van der Waals surface area (Å²) in [4.78, 5) is 50.9. The summed E-state index contributed by atoms with van der Waals surface area (Å²) in [7, 11) is 1.45. The second kappa shape index (κ2) is 12.7. The Bertz CT molecular complexity index is 1130. The van der Waals surface area contributed by atoms with Gasteiger partial charge in [0, 0.05) is 30.2 Å². The zero-order valence-electron chi connectivity index (χ0n) is 21.5. The van der Waals surface area contributed by atoms with Crippen LogP contribution in [0.5, 0.6) is 5.75 Å². The minimum Gasteiger partial charge on any atom is -0.497 e. The van der Waals surface area contributed by atoms with Gasteiger partial charge in [-0.15, -0.1) is 0 Å². The van der Waals surface area contributed by atoms with Gasteiger partial charge in [0.25, 0.3) is 0 Å². The minimum absolute atomic E-state index is 0.125. The highest BCUT2D eigenvalue weighted by Crippen LogP contribution is 2.30. The quantitative estimate of drug-likeness (QED) is 0.378. The van der Waals surface area contributed by atoms with Gasteiger partial charge in [0.2, 0.25) is 11.7 Å². The van der Waals surface area contributed by atoms with Gasteiger partial charge >= 0.3 is 6.18 Å². The maximum atomic E-state index is 13.3. The zero-order chi connectivity index (χ0) is 27.9. The molecule has 0 aromatic heterocycles. The van der Waals surface area contributed by atoms with E-state index in [4.69, 9.17) is 4.74 Å². The van der Waals surface area contributed by atoms with Crippen molar-refractivity contribution in [1.82, 2.24) is 5.32 Å². The van der Waals surface area contributed by atoms with E-state index in [2.05, 4.69) is 5.32 Å². The summed E-state index contributed by atoms with van der Waals surface area (Å²) in [5.41, 5.74) is 1.66. The molecule has 0 heterocycles. The van der Waals surface area contributed by atoms with Crippen molar-refractivity contribution in [3.05, 3.63) is 65.2 Å². The van der Waals surface area contributed by atoms with Crippen LogP contribution in [0.15, 0.2) is 48.5 Å². The number of ketones is 3. The highest BCUT2D eigenvalue weighted by Gasteiger charge is 2.45. The molecular weight excluding hydrogens is 487 g/mol. The number of halogens is 3. The largest absolute Gasteiger partial charge is 0.497 e. The van der Waals surface area contributed by atoms with Crippen LogP contribution in [0.25, 0.3) is 0 Å². The highest BCUT2D eigenvalue weighted by atomic mass is 19.4. The molecule has 0 aliphatic rings. The Balaban J connectivity index is 2.27. The summed E-state index contributed by atoms with van der Waals surface area (Å²) in [5, 5.41) is 2.59. The molecular formula is C28H32F3NO5. The van der Waals surface area contributed by atoms with E-state index in [9.17, 15) is 32.3 Å². The van der Waals surface area contributed by atoms with Crippen molar-refractivity contribution in [2.45, 2.75) is 52.8 Å². The van der Waals surface area contributed by atoms with Crippen LogP contribution >= 0.6 is 0 Å². The third kappa shape index (κ3) is 8.27. The van der Waals surface area contributed by atoms with Crippen LogP contribution in [0.1, 0.15) is 61.1 Å². The molecule has 0 saturated heterocycles. The molecule has 1 amide bonds. The number of Topliss-reactive ketones (excluding diaryl/α,β-unsaturated/α-hetero) is 3. The van der Waals surface area contributed by atoms with Crippen molar-refractivity contribution < 1.29 is 37.1 Å². The minimum atomic E-state index is -5.08. The number of carbonyl (C=O) groups is 4. The lowest BCUT2D eigenvalue weighted by atomic mass is 9.84. The topological polar surface area (TPSA) is 89.5 Å². The van der Waals surface area contributed by atoms with E-state index in [1.165, 1.54) is 40.0 Å². The Morgan fingerprint density at radius 3 is 2.08 bits per heavy atom. The summed E-state index contributed by atoms with van der Waals surface area (Å²) in [6, 6.07) is 11.7. The number of amides is 1. The van der Waals surface area contributed by atoms with Crippen LogP contribution in [0.2, 0.25) is 0 Å². The monoisotopic (exact) mass is 519 g/mol. The number of hydrogen-bond acceptors (Lipinski definition) is 5. The van der Waals surface area contributed by atoms with Crippen molar-refractivity contribution in [3.63, 3.8) is 0 Å². The number of ether oxygens (including phenoxy) is 1. The average molecular weight is 520 g/mol. The number of rotatable bonds is 12. The standard InChI is InChI=1S/C28H32F3NO5/c1-16(2)22(26(35)28(29,30)31)15-24(34)25(19-9-11-21(37-5)12-10-19)32-27(36)18(4)14-23(33)20-8-6-7-17(3)13-20/h6-13,16,18,22,25H,14-15H2,1-5H3,(H,32,36)/t18-,22+,25+/m1/s1. The van der Waals surface area contributed by atoms with Crippen molar-refractivity contribution in [1.29, 1.82) is 0 Å². The molecule has 2 rings (SSSR count). The van der Waals surface area contributed by atoms with Gasteiger partial charge in [-0.25, -0.2) is 0 Å². The molecule has 9 heteroatoms. The third-order valence-corrected chi connectivity index (χ3v) is 6.18. The van der Waals surface area contributed by atoms with Crippen LogP contribution in [-0.4, -0.2) is 36.5 Å². The Morgan fingerprint density at radius 1 is 0.946 bits per heavy atom. The van der Waals surface area contributed by atoms with Crippen LogP contribution in [0.3, 0.4) is 0 Å². The lowest BCUT2D eigenvalue weighted by molar-refractivity contribution is -0.177. The molecule has 0 saturated carbocycles. The molecule has 1 N–H and O–H groups in total. The molecule has 0 unspecified atom stereocenters. The predicted octanol–water partition coefficient (Wildman–Crippen LogP) is 5.43. The smallest absolute Gasteiger partial charge is 0.450 e. The first-order valence-electron chi connectivity index (χ1n) is 11.9. The maximum Gasteiger partial charge on any atom is 0.450 e. The fraction of sp³-hybridized carbons (Fsp3) is 0.429. The number of methoxy groups -OCH3 is 1. The molecule has 0 radical (unpaired) electrons. The van der Waals surface area contributed by atoms with Crippen LogP contribution in [0.4, 0.5) is 13.2 Å². The Labute approximate surface area is 214 Å². The molecule has 3 atom stereocenters. The van der Waals surface area contributed by atoms with Gasteiger partial charge in [-0.1, -0.05) is 56.7 Å². The van der Waals surface area contributed by atoms with E-state index < -0.39 is 53.9 Å². The van der Waals surface area contributed by atoms with Gasteiger partial charge in [0.1, 0.15) is 11.8 Å². The van der Waals surface area contributed by atoms with Crippen molar-refractivity contribution >= 4 is 23.3 Å². The number of aryl methyl sites for hydroxylation is 1. The molecule has 0 aliphatic carbocycles. The summed E-state index contributed by atoms with van der Waals surface area (Å²) in [6.45, 7) is 6.23. The fourth-order valence-electron chi connectivity index (χ4n) is 3.91. The Kier molecular flexibility index (Phi) is 10.2. The zero-order valence-corrected chi connectivity index (χ0v) is 21.5. The van der Waals surface area contributed by atoms with E-state index >= 15 is 0 Å². The Hall–Kier alpha value is -3.49. The van der Waals surface area contributed by atoms with Gasteiger partial charge in [-0.3, -0.25) is 19.2 Å². The van der Waals surface area contributed by atoms with Gasteiger partial charge in [0.05, 0.1) is 7.11 Å². The van der Waals surface area contributed by atoms with Crippen molar-refractivity contribution in [2.75, 3.05) is 7.11 Å². The highest BCUT2D eigenvalue weighted by molar-refractivity contribution is 6.00. The second-order valence-corrected chi connectivity index (χ2v) is 9.50. The fourth-order valence-corrected chi connectivity index (χ4v) is 3.91. The van der Waals surface area contributed by atoms with Gasteiger partial charge < -0.3 is 10.1 Å². The maximum absolute atomic E-state index is 13.3. The number of nitrogens with one attached hydrogen (secondary N) is 1. The van der Waals surface area contributed by atoms with E-state index in [1.54, 1.807) is 30.3 Å². The first-order valence-corrected chi connectivity index (χ1v) is 11.9. The summed E-state index contributed by atoms with van der Waals surface area (Å²) < 4.78 is 44.5. The Morgan fingerprint density at radius 2 is 1.57 bits per heavy atom. The van der Waals surface area contributed by atoms with Crippen molar-refractivity contribution in [3.8, 4) is 5.75 Å². The van der Waals surface area contributed by atoms with Crippen LogP contribution in [0, 0.1) is 24.7 Å². The van der Waals surface area contributed by atoms with Gasteiger partial charge in [0.15, 0.2) is 11.6 Å². The first-order chi connectivity index (χ1) is 17.2. The first kappa shape index (κ1) is 29.7. The predicted molar refractivity (Wildman–Crippen MR) is 132 cm³/mol. The molecule has 0 spiro atoms. The molecule has 37 heavy (non-hydrogen) atoms. The molecule has 2 aromatic carbocycles. The molecule has 0 bridgehead atoms. The SMILES string of the molecule is COc1ccc([C@H](NC(=O)[C@H](C)CC(=O)c2cccc(C)c2)C(=O)C[C@H](C(=O)C(F)(F)F)C(C)C)cc1. The summed E-state index contributed by atoms with van der Waals surface area (Å²) in [6.07, 6.45) is -5.91. The van der Waals surface area contributed by atoms with E-state index in [1.807, 2.05) is 13.0 Å². The molecule has 0 fully saturated rings. The summed E-state index contributed by atoms with van der Waals surface area (Å²) >= 11 is 0. The van der Waals surface area contributed by atoms with Gasteiger partial charge in [-0.05, 0) is 36.6 Å². The van der Waals surface area contributed by atoms with Crippen LogP contribution < -0.4 is 10.1 Å². The average Bonchev–Trinajstić information content (AvgIpc) is 2.84. The lowest BCUT2D eigenvalue weighted by Crippen LogP contribution is -2.40. The molecule has 200 valence electrons.